The molecule has 0 fully saturated rings. The van der Waals surface area contributed by atoms with Crippen molar-refractivity contribution in [2.75, 3.05) is 0 Å². The zero-order valence-corrected chi connectivity index (χ0v) is 26.8. The molecular weight excluding hydrogens is 593 g/mol. The van der Waals surface area contributed by atoms with E-state index >= 15 is 0 Å². The van der Waals surface area contributed by atoms with Gasteiger partial charge in [0.1, 0.15) is 6.17 Å². The molecule has 0 aliphatic carbocycles. The first kappa shape index (κ1) is 27.7. The SMILES string of the molecule is C1=C(c2ccccc2)C=C(c2ccc(-c3ccccc3)cc2)NC1n1c2ccccc2c2c3c4ccccc4ccc3c3ccccc3c21. The van der Waals surface area contributed by atoms with E-state index in [0.29, 0.717) is 0 Å². The minimum Gasteiger partial charge on any atom is -0.361 e. The van der Waals surface area contributed by atoms with Gasteiger partial charge >= 0.3 is 0 Å². The maximum atomic E-state index is 4.01. The van der Waals surface area contributed by atoms with E-state index in [1.54, 1.807) is 0 Å². The standard InChI is InChI=1S/C47H32N2/c1-3-13-31(14-4-1)33-23-25-35(26-24-33)42-29-36(32-15-5-2-6-16-32)30-44(48-42)49-43-22-12-11-21-41(43)46-45-37-18-8-7-17-34(37)27-28-39(45)38-19-9-10-20-40(38)47(46)49/h1-30,44,48H. The van der Waals surface area contributed by atoms with Gasteiger partial charge in [-0.25, -0.2) is 0 Å². The molecule has 9 aromatic rings. The second-order valence-corrected chi connectivity index (χ2v) is 12.9. The van der Waals surface area contributed by atoms with Gasteiger partial charge in [0.2, 0.25) is 0 Å². The summed E-state index contributed by atoms with van der Waals surface area (Å²) >= 11 is 0. The molecule has 0 spiro atoms. The molecule has 1 N–H and O–H groups in total. The largest absolute Gasteiger partial charge is 0.361 e. The number of hydrogen-bond donors (Lipinski definition) is 1. The van der Waals surface area contributed by atoms with Crippen molar-refractivity contribution in [1.82, 2.24) is 9.88 Å². The molecule has 1 aliphatic heterocycles. The average Bonchev–Trinajstić information content (AvgIpc) is 3.54. The van der Waals surface area contributed by atoms with Gasteiger partial charge in [-0.05, 0) is 67.6 Å². The summed E-state index contributed by atoms with van der Waals surface area (Å²) in [4.78, 5) is 0. The zero-order chi connectivity index (χ0) is 32.3. The van der Waals surface area contributed by atoms with Crippen molar-refractivity contribution in [2.24, 2.45) is 0 Å². The molecule has 1 unspecified atom stereocenters. The van der Waals surface area contributed by atoms with E-state index in [2.05, 4.69) is 192 Å². The molecule has 2 nitrogen and oxygen atoms in total. The number of allylic oxidation sites excluding steroid dienone is 2. The predicted molar refractivity (Wildman–Crippen MR) is 208 cm³/mol. The van der Waals surface area contributed by atoms with Crippen molar-refractivity contribution in [3.8, 4) is 11.1 Å². The third-order valence-electron chi connectivity index (χ3n) is 10.2. The Morgan fingerprint density at radius 3 is 1.78 bits per heavy atom. The highest BCUT2D eigenvalue weighted by atomic mass is 15.2. The van der Waals surface area contributed by atoms with Gasteiger partial charge in [0.25, 0.3) is 0 Å². The lowest BCUT2D eigenvalue weighted by Gasteiger charge is -2.28. The predicted octanol–water partition coefficient (Wildman–Crippen LogP) is 12.1. The van der Waals surface area contributed by atoms with Crippen LogP contribution in [0.3, 0.4) is 0 Å². The Labute approximate surface area is 284 Å². The minimum atomic E-state index is -0.137. The van der Waals surface area contributed by atoms with E-state index in [1.165, 1.54) is 76.4 Å². The molecule has 0 bridgehead atoms. The summed E-state index contributed by atoms with van der Waals surface area (Å²) in [5, 5.41) is 14.3. The van der Waals surface area contributed by atoms with Crippen molar-refractivity contribution in [1.29, 1.82) is 0 Å². The third-order valence-corrected chi connectivity index (χ3v) is 10.2. The van der Waals surface area contributed by atoms with Gasteiger partial charge in [0.05, 0.1) is 11.0 Å². The molecule has 230 valence electrons. The van der Waals surface area contributed by atoms with Crippen molar-refractivity contribution in [2.45, 2.75) is 6.17 Å². The van der Waals surface area contributed by atoms with Crippen LogP contribution < -0.4 is 5.32 Å². The van der Waals surface area contributed by atoms with Crippen molar-refractivity contribution < 1.29 is 0 Å². The number of fused-ring (bicyclic) bond motifs is 10. The number of aromatic nitrogens is 1. The van der Waals surface area contributed by atoms with E-state index in [0.717, 1.165) is 11.3 Å². The Bertz CT molecular complexity index is 2770. The number of nitrogens with zero attached hydrogens (tertiary/aromatic N) is 1. The number of nitrogens with one attached hydrogen (secondary N) is 1. The van der Waals surface area contributed by atoms with Crippen molar-refractivity contribution in [3.05, 3.63) is 193 Å². The van der Waals surface area contributed by atoms with Crippen LogP contribution in [0.1, 0.15) is 17.3 Å². The summed E-state index contributed by atoms with van der Waals surface area (Å²) in [5.74, 6) is 0. The number of rotatable bonds is 4. The van der Waals surface area contributed by atoms with Gasteiger partial charge in [-0.15, -0.1) is 0 Å². The molecule has 1 aromatic heterocycles. The molecule has 0 saturated heterocycles. The van der Waals surface area contributed by atoms with Gasteiger partial charge in [0, 0.05) is 27.2 Å². The van der Waals surface area contributed by atoms with Crippen LogP contribution in [0.2, 0.25) is 0 Å². The Balaban J connectivity index is 1.25. The molecular formula is C47H32N2. The molecule has 2 heteroatoms. The molecule has 0 saturated carbocycles. The van der Waals surface area contributed by atoms with Gasteiger partial charge in [-0.1, -0.05) is 164 Å². The molecule has 1 aliphatic rings. The number of para-hydroxylation sites is 1. The van der Waals surface area contributed by atoms with Gasteiger partial charge in [-0.3, -0.25) is 0 Å². The topological polar surface area (TPSA) is 17.0 Å². The van der Waals surface area contributed by atoms with Crippen molar-refractivity contribution >= 4 is 65.4 Å². The maximum absolute atomic E-state index is 4.01. The molecule has 49 heavy (non-hydrogen) atoms. The van der Waals surface area contributed by atoms with Gasteiger partial charge < -0.3 is 9.88 Å². The first-order chi connectivity index (χ1) is 24.3. The monoisotopic (exact) mass is 624 g/mol. The highest BCUT2D eigenvalue weighted by Gasteiger charge is 2.25. The summed E-state index contributed by atoms with van der Waals surface area (Å²) in [6, 6.07) is 61.6. The Kier molecular flexibility index (Phi) is 6.28. The summed E-state index contributed by atoms with van der Waals surface area (Å²) < 4.78 is 2.54. The maximum Gasteiger partial charge on any atom is 0.124 e. The van der Waals surface area contributed by atoms with Crippen LogP contribution in [-0.4, -0.2) is 4.57 Å². The van der Waals surface area contributed by atoms with E-state index in [9.17, 15) is 0 Å². The number of benzene rings is 8. The lowest BCUT2D eigenvalue weighted by molar-refractivity contribution is 0.592. The molecule has 1 atom stereocenters. The second kappa shape index (κ2) is 11.1. The van der Waals surface area contributed by atoms with E-state index < -0.39 is 0 Å². The normalized spacial score (nSPS) is 14.7. The second-order valence-electron chi connectivity index (χ2n) is 12.9. The smallest absolute Gasteiger partial charge is 0.124 e. The van der Waals surface area contributed by atoms with Crippen LogP contribution in [-0.2, 0) is 0 Å². The van der Waals surface area contributed by atoms with Gasteiger partial charge in [0.15, 0.2) is 0 Å². The third kappa shape index (κ3) is 4.42. The molecule has 10 rings (SSSR count). The van der Waals surface area contributed by atoms with E-state index in [1.807, 2.05) is 0 Å². The average molecular weight is 625 g/mol. The first-order valence-electron chi connectivity index (χ1n) is 17.0. The van der Waals surface area contributed by atoms with Crippen LogP contribution in [0.4, 0.5) is 0 Å². The summed E-state index contributed by atoms with van der Waals surface area (Å²) in [5.41, 5.74) is 9.57. The number of hydrogen-bond acceptors (Lipinski definition) is 1. The van der Waals surface area contributed by atoms with Crippen LogP contribution in [0.5, 0.6) is 0 Å². The fraction of sp³-hybridized carbons (Fsp3) is 0.0213. The summed E-state index contributed by atoms with van der Waals surface area (Å²) in [6.45, 7) is 0. The van der Waals surface area contributed by atoms with Crippen LogP contribution in [0, 0.1) is 0 Å². The Morgan fingerprint density at radius 1 is 0.408 bits per heavy atom. The molecule has 2 heterocycles. The van der Waals surface area contributed by atoms with E-state index in [-0.39, 0.29) is 6.17 Å². The lowest BCUT2D eigenvalue weighted by Crippen LogP contribution is -2.26. The fourth-order valence-corrected chi connectivity index (χ4v) is 7.96. The van der Waals surface area contributed by atoms with Crippen molar-refractivity contribution in [3.63, 3.8) is 0 Å². The zero-order valence-electron chi connectivity index (χ0n) is 26.8. The summed E-state index contributed by atoms with van der Waals surface area (Å²) in [6.07, 6.45) is 4.56. The Morgan fingerprint density at radius 2 is 1.00 bits per heavy atom. The first-order valence-corrected chi connectivity index (χ1v) is 17.0. The van der Waals surface area contributed by atoms with Crippen LogP contribution in [0.15, 0.2) is 182 Å². The summed E-state index contributed by atoms with van der Waals surface area (Å²) in [7, 11) is 0. The van der Waals surface area contributed by atoms with Gasteiger partial charge in [-0.2, -0.15) is 0 Å². The highest BCUT2D eigenvalue weighted by molar-refractivity contribution is 6.36. The minimum absolute atomic E-state index is 0.137. The Hall–Kier alpha value is -6.38. The molecule has 0 amide bonds. The van der Waals surface area contributed by atoms with Crippen LogP contribution in [0.25, 0.3) is 76.5 Å². The van der Waals surface area contributed by atoms with E-state index in [4.69, 9.17) is 0 Å². The quantitative estimate of drug-likeness (QED) is 0.193. The highest BCUT2D eigenvalue weighted by Crippen LogP contribution is 2.45. The number of dihydropyridines is 1. The molecule has 8 aromatic carbocycles. The van der Waals surface area contributed by atoms with Crippen LogP contribution >= 0.6 is 0 Å². The fourth-order valence-electron chi connectivity index (χ4n) is 7.96. The molecule has 0 radical (unpaired) electrons. The lowest BCUT2D eigenvalue weighted by atomic mass is 9.93.